The maximum atomic E-state index is 12.2. The molecule has 0 saturated carbocycles. The van der Waals surface area contributed by atoms with Gasteiger partial charge in [0.15, 0.2) is 6.61 Å². The Bertz CT molecular complexity index is 757. The largest absolute Gasteiger partial charge is 0.484 e. The number of carbonyl (C=O) groups is 1. The average Bonchev–Trinajstić information content (AvgIpc) is 2.70. The van der Waals surface area contributed by atoms with Gasteiger partial charge in [0.05, 0.1) is 12.6 Å². The molecule has 0 radical (unpaired) electrons. The molecule has 0 heterocycles. The van der Waals surface area contributed by atoms with Crippen molar-refractivity contribution in [1.29, 1.82) is 0 Å². The van der Waals surface area contributed by atoms with Crippen LogP contribution in [0.1, 0.15) is 44.4 Å². The molecular weight excluding hydrogens is 356 g/mol. The molecule has 2 rings (SSSR count). The first-order valence-electron chi connectivity index (χ1n) is 9.44. The van der Waals surface area contributed by atoms with Gasteiger partial charge in [-0.2, -0.15) is 0 Å². The number of nitrogens with two attached hydrogens (primary N) is 1. The predicted molar refractivity (Wildman–Crippen MR) is 110 cm³/mol. The van der Waals surface area contributed by atoms with E-state index in [4.69, 9.17) is 10.5 Å². The van der Waals surface area contributed by atoms with E-state index >= 15 is 0 Å². The lowest BCUT2D eigenvalue weighted by Gasteiger charge is -2.24. The van der Waals surface area contributed by atoms with E-state index in [0.717, 1.165) is 6.42 Å². The number of anilines is 1. The Hall–Kier alpha value is -2.57. The zero-order chi connectivity index (χ0) is 20.7. The molecule has 6 nitrogen and oxygen atoms in total. The Morgan fingerprint density at radius 1 is 1.14 bits per heavy atom. The number of nitrogen functional groups attached to an aromatic ring is 1. The lowest BCUT2D eigenvalue weighted by atomic mass is 9.82. The highest BCUT2D eigenvalue weighted by Crippen LogP contribution is 2.28. The summed E-state index contributed by atoms with van der Waals surface area (Å²) in [4.78, 5) is 12.2. The van der Waals surface area contributed by atoms with Gasteiger partial charge in [-0.05, 0) is 47.2 Å². The van der Waals surface area contributed by atoms with E-state index in [9.17, 15) is 15.0 Å². The van der Waals surface area contributed by atoms with Crippen LogP contribution in [-0.2, 0) is 10.2 Å². The second-order valence-corrected chi connectivity index (χ2v) is 7.52. The zero-order valence-corrected chi connectivity index (χ0v) is 16.7. The minimum atomic E-state index is -1.05. The first-order chi connectivity index (χ1) is 13.3. The highest BCUT2D eigenvalue weighted by molar-refractivity contribution is 5.78. The number of nitrogens with one attached hydrogen (secondary N) is 1. The van der Waals surface area contributed by atoms with Crippen LogP contribution < -0.4 is 15.8 Å². The second-order valence-electron chi connectivity index (χ2n) is 7.52. The monoisotopic (exact) mass is 386 g/mol. The SMILES string of the molecule is CCC(C)(C)c1ccc(OCC(=O)NC(CO)C(O)c2ccc(N)cc2)cc1. The molecule has 0 aliphatic rings. The highest BCUT2D eigenvalue weighted by atomic mass is 16.5. The quantitative estimate of drug-likeness (QED) is 0.496. The lowest BCUT2D eigenvalue weighted by molar-refractivity contribution is -0.125. The lowest BCUT2D eigenvalue weighted by Crippen LogP contribution is -2.43. The van der Waals surface area contributed by atoms with Crippen LogP contribution in [0.15, 0.2) is 48.5 Å². The summed E-state index contributed by atoms with van der Waals surface area (Å²) in [5.74, 6) is 0.164. The smallest absolute Gasteiger partial charge is 0.258 e. The van der Waals surface area contributed by atoms with E-state index < -0.39 is 24.7 Å². The molecule has 0 bridgehead atoms. The van der Waals surface area contributed by atoms with Crippen molar-refractivity contribution < 1.29 is 19.7 Å². The molecule has 6 heteroatoms. The fourth-order valence-corrected chi connectivity index (χ4v) is 2.75. The number of aliphatic hydroxyl groups is 2. The molecule has 0 aromatic heterocycles. The number of hydrogen-bond donors (Lipinski definition) is 4. The number of ether oxygens (including phenoxy) is 1. The van der Waals surface area contributed by atoms with E-state index in [1.54, 1.807) is 24.3 Å². The van der Waals surface area contributed by atoms with Crippen LogP contribution in [0.2, 0.25) is 0 Å². The summed E-state index contributed by atoms with van der Waals surface area (Å²) in [5.41, 5.74) is 8.06. The first kappa shape index (κ1) is 21.7. The summed E-state index contributed by atoms with van der Waals surface area (Å²) >= 11 is 0. The van der Waals surface area contributed by atoms with Crippen LogP contribution >= 0.6 is 0 Å². The molecular formula is C22H30N2O4. The van der Waals surface area contributed by atoms with Gasteiger partial charge >= 0.3 is 0 Å². The third kappa shape index (κ3) is 5.71. The third-order valence-electron chi connectivity index (χ3n) is 5.09. The van der Waals surface area contributed by atoms with Gasteiger partial charge < -0.3 is 26.0 Å². The average molecular weight is 386 g/mol. The van der Waals surface area contributed by atoms with E-state index in [1.165, 1.54) is 5.56 Å². The maximum absolute atomic E-state index is 12.2. The molecule has 0 aliphatic heterocycles. The number of hydrogen-bond acceptors (Lipinski definition) is 5. The van der Waals surface area contributed by atoms with Crippen molar-refractivity contribution in [1.82, 2.24) is 5.32 Å². The van der Waals surface area contributed by atoms with E-state index in [1.807, 2.05) is 24.3 Å². The Morgan fingerprint density at radius 3 is 2.29 bits per heavy atom. The topological polar surface area (TPSA) is 105 Å². The van der Waals surface area contributed by atoms with E-state index in [0.29, 0.717) is 17.0 Å². The minimum absolute atomic E-state index is 0.0858. The second kappa shape index (κ2) is 9.57. The van der Waals surface area contributed by atoms with Crippen LogP contribution in [0.25, 0.3) is 0 Å². The summed E-state index contributed by atoms with van der Waals surface area (Å²) in [6, 6.07) is 13.5. The molecule has 2 aromatic rings. The molecule has 2 aromatic carbocycles. The van der Waals surface area contributed by atoms with Crippen molar-refractivity contribution in [3.8, 4) is 5.75 Å². The Kier molecular flexibility index (Phi) is 7.43. The Balaban J connectivity index is 1.90. The molecule has 0 saturated heterocycles. The summed E-state index contributed by atoms with van der Waals surface area (Å²) < 4.78 is 5.52. The summed E-state index contributed by atoms with van der Waals surface area (Å²) in [6.07, 6.45) is -0.0285. The molecule has 1 amide bonds. The Morgan fingerprint density at radius 2 is 1.75 bits per heavy atom. The summed E-state index contributed by atoms with van der Waals surface area (Å²) in [7, 11) is 0. The summed E-state index contributed by atoms with van der Waals surface area (Å²) in [5, 5.41) is 22.5. The molecule has 0 fully saturated rings. The van der Waals surface area contributed by atoms with Crippen molar-refractivity contribution in [2.45, 2.75) is 44.8 Å². The number of benzene rings is 2. The normalized spacial score (nSPS) is 13.6. The number of rotatable bonds is 9. The van der Waals surface area contributed by atoms with Gasteiger partial charge in [-0.15, -0.1) is 0 Å². The van der Waals surface area contributed by atoms with Crippen molar-refractivity contribution in [2.24, 2.45) is 0 Å². The Labute approximate surface area is 166 Å². The van der Waals surface area contributed by atoms with Gasteiger partial charge in [-0.3, -0.25) is 4.79 Å². The number of carbonyl (C=O) groups excluding carboxylic acids is 1. The molecule has 5 N–H and O–H groups in total. The van der Waals surface area contributed by atoms with Crippen LogP contribution in [0, 0.1) is 0 Å². The first-order valence-corrected chi connectivity index (χ1v) is 9.44. The van der Waals surface area contributed by atoms with Crippen LogP contribution in [-0.4, -0.2) is 35.4 Å². The van der Waals surface area contributed by atoms with Gasteiger partial charge in [0.25, 0.3) is 5.91 Å². The number of amides is 1. The van der Waals surface area contributed by atoms with Gasteiger partial charge in [0, 0.05) is 5.69 Å². The predicted octanol–water partition coefficient (Wildman–Crippen LogP) is 2.55. The number of aliphatic hydroxyl groups excluding tert-OH is 2. The van der Waals surface area contributed by atoms with Crippen molar-refractivity contribution in [2.75, 3.05) is 18.9 Å². The highest BCUT2D eigenvalue weighted by Gasteiger charge is 2.22. The molecule has 2 unspecified atom stereocenters. The molecule has 28 heavy (non-hydrogen) atoms. The van der Waals surface area contributed by atoms with Crippen LogP contribution in [0.3, 0.4) is 0 Å². The minimum Gasteiger partial charge on any atom is -0.484 e. The third-order valence-corrected chi connectivity index (χ3v) is 5.09. The van der Waals surface area contributed by atoms with Crippen LogP contribution in [0.5, 0.6) is 5.75 Å². The fourth-order valence-electron chi connectivity index (χ4n) is 2.75. The van der Waals surface area contributed by atoms with Crippen molar-refractivity contribution in [3.05, 3.63) is 59.7 Å². The van der Waals surface area contributed by atoms with Gasteiger partial charge in [0.2, 0.25) is 0 Å². The van der Waals surface area contributed by atoms with Gasteiger partial charge in [0.1, 0.15) is 11.9 Å². The summed E-state index contributed by atoms with van der Waals surface area (Å²) in [6.45, 7) is 5.89. The van der Waals surface area contributed by atoms with Crippen molar-refractivity contribution in [3.63, 3.8) is 0 Å². The van der Waals surface area contributed by atoms with E-state index in [-0.39, 0.29) is 12.0 Å². The van der Waals surface area contributed by atoms with Crippen molar-refractivity contribution >= 4 is 11.6 Å². The molecule has 2 atom stereocenters. The molecule has 0 spiro atoms. The fraction of sp³-hybridized carbons (Fsp3) is 0.409. The standard InChI is InChI=1S/C22H30N2O4/c1-4-22(2,3)16-7-11-18(12-8-16)28-14-20(26)24-19(13-25)21(27)15-5-9-17(23)10-6-15/h5-12,19,21,25,27H,4,13-14,23H2,1-3H3,(H,24,26). The van der Waals surface area contributed by atoms with E-state index in [2.05, 4.69) is 26.1 Å². The maximum Gasteiger partial charge on any atom is 0.258 e. The zero-order valence-electron chi connectivity index (χ0n) is 16.7. The van der Waals surface area contributed by atoms with Gasteiger partial charge in [-0.25, -0.2) is 0 Å². The molecule has 0 aliphatic carbocycles. The van der Waals surface area contributed by atoms with Crippen LogP contribution in [0.4, 0.5) is 5.69 Å². The van der Waals surface area contributed by atoms with Gasteiger partial charge in [-0.1, -0.05) is 45.0 Å². The molecule has 152 valence electrons.